The molecule has 6 atom stereocenters. The maximum Gasteiger partial charge on any atom is 0.459 e. The van der Waals surface area contributed by atoms with Gasteiger partial charge in [0.15, 0.2) is 6.23 Å². The van der Waals surface area contributed by atoms with E-state index < -0.39 is 56.1 Å². The van der Waals surface area contributed by atoms with E-state index >= 15 is 0 Å². The number of aliphatic hydroxyl groups is 1. The highest BCUT2D eigenvalue weighted by atomic mass is 31.2. The number of hydrogen-bond acceptors (Lipinski definition) is 11. The zero-order valence-electron chi connectivity index (χ0n) is 20.0. The molecule has 1 aromatic carbocycles. The summed E-state index contributed by atoms with van der Waals surface area (Å²) >= 11 is 0. The van der Waals surface area contributed by atoms with Crippen molar-refractivity contribution in [3.63, 3.8) is 0 Å². The van der Waals surface area contributed by atoms with E-state index in [0.29, 0.717) is 0 Å². The van der Waals surface area contributed by atoms with E-state index in [2.05, 4.69) is 10.1 Å². The van der Waals surface area contributed by atoms with Gasteiger partial charge in [0.2, 0.25) is 0 Å². The molecule has 0 amide bonds. The van der Waals surface area contributed by atoms with Crippen molar-refractivity contribution in [1.29, 1.82) is 0 Å². The molecule has 0 aliphatic carbocycles. The number of nitrogens with one attached hydrogen (secondary N) is 1. The molecule has 0 spiro atoms. The summed E-state index contributed by atoms with van der Waals surface area (Å²) in [7, 11) is -4.21. The first-order chi connectivity index (χ1) is 17.0. The minimum absolute atomic E-state index is 0.0362. The molecule has 14 heteroatoms. The van der Waals surface area contributed by atoms with Crippen molar-refractivity contribution in [2.24, 2.45) is 0 Å². The van der Waals surface area contributed by atoms with Crippen LogP contribution in [0.3, 0.4) is 0 Å². The van der Waals surface area contributed by atoms with Crippen molar-refractivity contribution in [3.8, 4) is 5.75 Å². The van der Waals surface area contributed by atoms with Crippen LogP contribution in [-0.4, -0.2) is 63.8 Å². The number of anilines is 1. The predicted octanol–water partition coefficient (Wildman–Crippen LogP) is 0.986. The van der Waals surface area contributed by atoms with E-state index in [1.165, 1.54) is 19.2 Å². The molecule has 4 N–H and O–H groups in total. The third-order valence-electron chi connectivity index (χ3n) is 5.64. The fourth-order valence-electron chi connectivity index (χ4n) is 3.89. The summed E-state index contributed by atoms with van der Waals surface area (Å²) in [6, 6.07) is 8.61. The Labute approximate surface area is 207 Å². The third-order valence-corrected chi connectivity index (χ3v) is 7.26. The number of nitrogens with zero attached hydrogens (tertiary/aromatic N) is 2. The van der Waals surface area contributed by atoms with E-state index in [-0.39, 0.29) is 24.3 Å². The lowest BCUT2D eigenvalue weighted by Gasteiger charge is -2.32. The van der Waals surface area contributed by atoms with Crippen molar-refractivity contribution < 1.29 is 37.7 Å². The number of benzene rings is 1. The Kier molecular flexibility index (Phi) is 7.51. The van der Waals surface area contributed by atoms with Crippen LogP contribution in [0.25, 0.3) is 0 Å². The Hall–Kier alpha value is -2.80. The maximum absolute atomic E-state index is 13.7. The van der Waals surface area contributed by atoms with Crippen LogP contribution in [0.2, 0.25) is 0 Å². The third kappa shape index (κ3) is 5.46. The first kappa shape index (κ1) is 26.3. The lowest BCUT2D eigenvalue weighted by Crippen LogP contribution is -2.46. The van der Waals surface area contributed by atoms with Gasteiger partial charge in [0.25, 0.3) is 0 Å². The Morgan fingerprint density at radius 3 is 2.72 bits per heavy atom. The summed E-state index contributed by atoms with van der Waals surface area (Å²) in [6.07, 6.45) is -2.14. The number of aromatic nitrogens is 2. The summed E-state index contributed by atoms with van der Waals surface area (Å²) < 4.78 is 43.0. The molecule has 2 aliphatic rings. The first-order valence-electron chi connectivity index (χ1n) is 11.3. The van der Waals surface area contributed by atoms with Crippen LogP contribution in [0.5, 0.6) is 5.75 Å². The van der Waals surface area contributed by atoms with Gasteiger partial charge in [-0.3, -0.25) is 13.9 Å². The summed E-state index contributed by atoms with van der Waals surface area (Å²) in [5.41, 5.74) is 3.40. The van der Waals surface area contributed by atoms with Crippen LogP contribution in [0.4, 0.5) is 5.82 Å². The normalized spacial score (nSPS) is 27.5. The van der Waals surface area contributed by atoms with Crippen molar-refractivity contribution >= 4 is 19.5 Å². The molecule has 2 saturated heterocycles. The van der Waals surface area contributed by atoms with E-state index in [9.17, 15) is 19.3 Å². The molecular weight excluding hydrogens is 495 g/mol. The smallest absolute Gasteiger partial charge is 0.459 e. The Morgan fingerprint density at radius 2 is 2.06 bits per heavy atom. The average Bonchev–Trinajstić information content (AvgIpc) is 3.27. The number of fused-ring (bicyclic) bond motifs is 2. The molecule has 36 heavy (non-hydrogen) atoms. The van der Waals surface area contributed by atoms with Gasteiger partial charge in [0, 0.05) is 6.20 Å². The van der Waals surface area contributed by atoms with Crippen molar-refractivity contribution in [2.45, 2.75) is 57.0 Å². The largest absolute Gasteiger partial charge is 0.462 e. The topological polar surface area (TPSA) is 173 Å². The number of esters is 1. The second-order valence-electron chi connectivity index (χ2n) is 8.85. The molecule has 4 rings (SSSR count). The highest BCUT2D eigenvalue weighted by molar-refractivity contribution is 7.52. The van der Waals surface area contributed by atoms with Crippen LogP contribution >= 0.6 is 7.75 Å². The minimum Gasteiger partial charge on any atom is -0.462 e. The van der Waals surface area contributed by atoms with Gasteiger partial charge in [-0.2, -0.15) is 10.1 Å². The fourth-order valence-corrected chi connectivity index (χ4v) is 5.43. The zero-order valence-corrected chi connectivity index (χ0v) is 20.9. The number of aliphatic hydroxyl groups excluding tert-OH is 1. The number of para-hydroxylation sites is 1. The lowest BCUT2D eigenvalue weighted by atomic mass is 10.0. The van der Waals surface area contributed by atoms with Crippen molar-refractivity contribution in [1.82, 2.24) is 14.6 Å². The molecule has 0 saturated carbocycles. The highest BCUT2D eigenvalue weighted by Crippen LogP contribution is 2.50. The Morgan fingerprint density at radius 1 is 1.33 bits per heavy atom. The maximum atomic E-state index is 13.7. The summed E-state index contributed by atoms with van der Waals surface area (Å²) in [4.78, 5) is 28.3. The molecule has 2 aromatic rings. The Balaban J connectivity index is 1.53. The van der Waals surface area contributed by atoms with Crippen LogP contribution in [-0.2, 0) is 28.1 Å². The average molecular weight is 524 g/mol. The van der Waals surface area contributed by atoms with Gasteiger partial charge in [-0.1, -0.05) is 18.2 Å². The van der Waals surface area contributed by atoms with Gasteiger partial charge in [-0.15, -0.1) is 0 Å². The Bertz CT molecular complexity index is 1190. The van der Waals surface area contributed by atoms with E-state index in [1.807, 2.05) is 0 Å². The van der Waals surface area contributed by atoms with Crippen LogP contribution in [0.1, 0.15) is 27.0 Å². The van der Waals surface area contributed by atoms with Gasteiger partial charge < -0.3 is 29.6 Å². The number of nitrogen functional groups attached to an aromatic ring is 1. The molecule has 3 heterocycles. The molecule has 2 unspecified atom stereocenters. The second kappa shape index (κ2) is 10.3. The van der Waals surface area contributed by atoms with E-state index in [0.717, 1.165) is 4.57 Å². The van der Waals surface area contributed by atoms with Gasteiger partial charge in [0.1, 0.15) is 35.4 Å². The fraction of sp³-hybridized carbons (Fsp3) is 0.500. The number of ether oxygens (including phenoxy) is 3. The predicted molar refractivity (Wildman–Crippen MR) is 126 cm³/mol. The zero-order chi connectivity index (χ0) is 26.1. The minimum atomic E-state index is -4.21. The highest BCUT2D eigenvalue weighted by Gasteiger charge is 2.62. The van der Waals surface area contributed by atoms with E-state index in [1.54, 1.807) is 44.2 Å². The molecular formula is C22H29N4O9P. The molecule has 13 nitrogen and oxygen atoms in total. The number of rotatable bonds is 10. The molecule has 0 radical (unpaired) electrons. The second-order valence-corrected chi connectivity index (χ2v) is 10.5. The summed E-state index contributed by atoms with van der Waals surface area (Å²) in [6.45, 7) is 4.30. The first-order valence-corrected chi connectivity index (χ1v) is 12.9. The van der Waals surface area contributed by atoms with Gasteiger partial charge in [-0.25, -0.2) is 9.36 Å². The number of carbonyl (C=O) groups excluding carboxylic acids is 1. The number of hydrogen-bond donors (Lipinski definition) is 3. The molecule has 196 valence electrons. The molecule has 1 aromatic heterocycles. The van der Waals surface area contributed by atoms with Crippen molar-refractivity contribution in [3.05, 3.63) is 53.1 Å². The lowest BCUT2D eigenvalue weighted by molar-refractivity contribution is -0.185. The van der Waals surface area contributed by atoms with E-state index in [4.69, 9.17) is 29.0 Å². The van der Waals surface area contributed by atoms with Gasteiger partial charge in [-0.05, 0) is 39.0 Å². The quantitative estimate of drug-likeness (QED) is 0.297. The molecule has 2 fully saturated rings. The van der Waals surface area contributed by atoms with Crippen LogP contribution in [0.15, 0.2) is 47.4 Å². The molecule has 2 aliphatic heterocycles. The standard InChI is InChI=1S/C22H29N4O9P/c1-13(2)33-20(28)14(3)25-36(30,35-15-7-5-4-6-8-15)32-12-22-11-31-17(18(22)27)19(34-22)26-10-9-16(23)24-21(26)29/h4-10,13-14,17-19,27H,11-12H2,1-3H3,(H,25,30)(H2,23,24,29)/t14?,17-,18+,19-,22-,36?/m1/s1. The summed E-state index contributed by atoms with van der Waals surface area (Å²) in [5.74, 6) is -0.393. The van der Waals surface area contributed by atoms with Crippen LogP contribution < -0.4 is 21.0 Å². The van der Waals surface area contributed by atoms with Crippen LogP contribution in [0, 0.1) is 0 Å². The number of nitrogens with two attached hydrogens (primary N) is 1. The SMILES string of the molecule is CC(C)OC(=O)C(C)NP(=O)(OC[C@@]12CO[C@@H]([C@H](n3ccc(N)nc3=O)O1)[C@@H]2O)Oc1ccccc1. The van der Waals surface area contributed by atoms with Gasteiger partial charge in [0.05, 0.1) is 19.3 Å². The monoisotopic (exact) mass is 524 g/mol. The van der Waals surface area contributed by atoms with Gasteiger partial charge >= 0.3 is 19.4 Å². The number of carbonyl (C=O) groups is 1. The van der Waals surface area contributed by atoms with Crippen molar-refractivity contribution in [2.75, 3.05) is 18.9 Å². The summed E-state index contributed by atoms with van der Waals surface area (Å²) in [5, 5.41) is 13.5. The molecule has 2 bridgehead atoms.